The molecule has 5 fully saturated rings. The number of hydrogen-bond acceptors (Lipinski definition) is 3. The predicted octanol–water partition coefficient (Wildman–Crippen LogP) is 6.54. The van der Waals surface area contributed by atoms with E-state index in [9.17, 15) is 15.0 Å². The van der Waals surface area contributed by atoms with E-state index in [4.69, 9.17) is 0 Å². The van der Waals surface area contributed by atoms with E-state index in [0.717, 1.165) is 25.2 Å². The Kier molecular flexibility index (Phi) is 5.22. The normalized spacial score (nSPS) is 50.0. The summed E-state index contributed by atoms with van der Waals surface area (Å²) in [6.45, 7) is 15.7. The van der Waals surface area contributed by atoms with Crippen molar-refractivity contribution >= 4 is 5.78 Å². The van der Waals surface area contributed by atoms with Gasteiger partial charge < -0.3 is 10.2 Å². The van der Waals surface area contributed by atoms with Crippen molar-refractivity contribution in [3.8, 4) is 0 Å². The van der Waals surface area contributed by atoms with Crippen LogP contribution in [-0.4, -0.2) is 27.7 Å². The van der Waals surface area contributed by atoms with Crippen molar-refractivity contribution in [1.82, 2.24) is 0 Å². The second-order valence-corrected chi connectivity index (χ2v) is 15.0. The van der Waals surface area contributed by atoms with E-state index in [2.05, 4.69) is 34.6 Å². The van der Waals surface area contributed by atoms with Crippen molar-refractivity contribution < 1.29 is 15.0 Å². The molecule has 0 aliphatic heterocycles. The number of aliphatic hydroxyl groups excluding tert-OH is 1. The molecule has 5 rings (SSSR count). The lowest BCUT2D eigenvalue weighted by atomic mass is 9.42. The molecule has 3 heteroatoms. The number of aliphatic hydroxyl groups is 2. The molecule has 0 aromatic carbocycles. The molecular weight excluding hydrogens is 408 g/mol. The topological polar surface area (TPSA) is 57.5 Å². The van der Waals surface area contributed by atoms with Crippen LogP contribution in [0.15, 0.2) is 0 Å². The molecule has 2 N–H and O–H groups in total. The minimum atomic E-state index is -1.01. The number of carbonyl (C=O) groups excluding carboxylic acids is 1. The summed E-state index contributed by atoms with van der Waals surface area (Å²) in [5, 5.41) is 20.6. The monoisotopic (exact) mass is 458 g/mol. The third-order valence-electron chi connectivity index (χ3n) is 13.3. The molecular formula is C30H50O3. The summed E-state index contributed by atoms with van der Waals surface area (Å²) in [4.78, 5) is 12.8. The highest BCUT2D eigenvalue weighted by molar-refractivity contribution is 5.86. The van der Waals surface area contributed by atoms with Gasteiger partial charge in [0, 0.05) is 11.8 Å². The average molecular weight is 459 g/mol. The minimum Gasteiger partial charge on any atom is -0.390 e. The van der Waals surface area contributed by atoms with E-state index in [1.807, 2.05) is 0 Å². The average Bonchev–Trinajstić information content (AvgIpc) is 3.31. The highest BCUT2D eigenvalue weighted by Gasteiger charge is 2.82. The van der Waals surface area contributed by atoms with Gasteiger partial charge in [0.2, 0.25) is 0 Å². The Labute approximate surface area is 202 Å². The molecule has 0 amide bonds. The van der Waals surface area contributed by atoms with Crippen molar-refractivity contribution in [3.05, 3.63) is 0 Å². The van der Waals surface area contributed by atoms with E-state index < -0.39 is 11.7 Å². The summed E-state index contributed by atoms with van der Waals surface area (Å²) in [5.41, 5.74) is 0.606. The van der Waals surface area contributed by atoms with E-state index in [-0.39, 0.29) is 5.41 Å². The van der Waals surface area contributed by atoms with Gasteiger partial charge in [-0.25, -0.2) is 0 Å². The first-order valence-corrected chi connectivity index (χ1v) is 14.1. The van der Waals surface area contributed by atoms with Crippen LogP contribution < -0.4 is 0 Å². The van der Waals surface area contributed by atoms with Crippen molar-refractivity contribution in [2.75, 3.05) is 0 Å². The van der Waals surface area contributed by atoms with Gasteiger partial charge in [0.15, 0.2) is 0 Å². The van der Waals surface area contributed by atoms with Crippen molar-refractivity contribution in [3.63, 3.8) is 0 Å². The van der Waals surface area contributed by atoms with E-state index in [0.29, 0.717) is 51.6 Å². The van der Waals surface area contributed by atoms with Gasteiger partial charge in [-0.05, 0) is 123 Å². The molecule has 0 radical (unpaired) electrons. The number of hydrogen-bond donors (Lipinski definition) is 2. The first kappa shape index (κ1) is 24.3. The Morgan fingerprint density at radius 3 is 2.21 bits per heavy atom. The largest absolute Gasteiger partial charge is 0.390 e. The van der Waals surface area contributed by atoms with Gasteiger partial charge >= 0.3 is 0 Å². The SMILES string of the molecule is C[C@@H](CC[C@H](O)C(C)(C)O)[C@@H]1CC[C@]2(C)[C@H]3CC[C@@H]4C(C)(C)C(=O)CC[C@]45C[C@]35CC[C@@]12C. The standard InChI is InChI=1S/C30H50O3/c1-19(8-11-24(32)26(4,5)33)20-12-14-28(7)22-10-9-21-25(2,3)23(31)13-15-29(21)18-30(22,29)17-16-27(20,28)6/h19-22,24,32-33H,8-18H2,1-7H3/t19-,20-,21+,22+,24-,27-,28+,29-,30+/m0/s1. The maximum absolute atomic E-state index is 12.8. The van der Waals surface area contributed by atoms with Gasteiger partial charge in [-0.2, -0.15) is 0 Å². The number of carbonyl (C=O) groups is 1. The quantitative estimate of drug-likeness (QED) is 0.491. The third kappa shape index (κ3) is 2.96. The van der Waals surface area contributed by atoms with Gasteiger partial charge in [-0.1, -0.05) is 34.6 Å². The fourth-order valence-corrected chi connectivity index (χ4v) is 11.1. The minimum absolute atomic E-state index is 0.123. The molecule has 3 nitrogen and oxygen atoms in total. The Bertz CT molecular complexity index is 825. The molecule has 2 spiro atoms. The van der Waals surface area contributed by atoms with Crippen LogP contribution in [0.2, 0.25) is 0 Å². The zero-order valence-corrected chi connectivity index (χ0v) is 22.5. The second kappa shape index (κ2) is 7.09. The number of ketones is 1. The first-order valence-electron chi connectivity index (χ1n) is 14.1. The molecule has 33 heavy (non-hydrogen) atoms. The fraction of sp³-hybridized carbons (Fsp3) is 0.967. The van der Waals surface area contributed by atoms with Gasteiger partial charge in [0.05, 0.1) is 11.7 Å². The van der Waals surface area contributed by atoms with Crippen LogP contribution in [0.4, 0.5) is 0 Å². The molecule has 0 unspecified atom stereocenters. The van der Waals surface area contributed by atoms with Crippen molar-refractivity contribution in [2.24, 2.45) is 50.7 Å². The van der Waals surface area contributed by atoms with Crippen LogP contribution in [0.25, 0.3) is 0 Å². The molecule has 0 saturated heterocycles. The van der Waals surface area contributed by atoms with Crippen LogP contribution in [0.1, 0.15) is 119 Å². The molecule has 9 atom stereocenters. The van der Waals surface area contributed by atoms with Gasteiger partial charge in [0.25, 0.3) is 0 Å². The summed E-state index contributed by atoms with van der Waals surface area (Å²) < 4.78 is 0. The molecule has 5 saturated carbocycles. The Morgan fingerprint density at radius 2 is 1.55 bits per heavy atom. The Morgan fingerprint density at radius 1 is 0.909 bits per heavy atom. The lowest BCUT2D eigenvalue weighted by Gasteiger charge is -2.62. The number of fused-ring (bicyclic) bond motifs is 2. The molecule has 5 aliphatic carbocycles. The number of rotatable bonds is 5. The molecule has 0 aromatic heterocycles. The van der Waals surface area contributed by atoms with Crippen molar-refractivity contribution in [1.29, 1.82) is 0 Å². The van der Waals surface area contributed by atoms with Crippen LogP contribution in [0, 0.1) is 50.7 Å². The molecule has 0 bridgehead atoms. The van der Waals surface area contributed by atoms with Crippen LogP contribution >= 0.6 is 0 Å². The summed E-state index contributed by atoms with van der Waals surface area (Å²) in [5.74, 6) is 3.25. The zero-order valence-electron chi connectivity index (χ0n) is 22.5. The summed E-state index contributed by atoms with van der Waals surface area (Å²) >= 11 is 0. The lowest BCUT2D eigenvalue weighted by Crippen LogP contribution is -2.57. The lowest BCUT2D eigenvalue weighted by molar-refractivity contribution is -0.157. The number of Topliss-reactive ketones (excluding diaryl/α,β-unsaturated/α-hetero) is 1. The fourth-order valence-electron chi connectivity index (χ4n) is 11.1. The summed E-state index contributed by atoms with van der Waals surface area (Å²) in [6, 6.07) is 0. The summed E-state index contributed by atoms with van der Waals surface area (Å²) in [7, 11) is 0. The first-order chi connectivity index (χ1) is 15.2. The van der Waals surface area contributed by atoms with E-state index in [1.54, 1.807) is 13.8 Å². The predicted molar refractivity (Wildman–Crippen MR) is 133 cm³/mol. The smallest absolute Gasteiger partial charge is 0.138 e. The molecule has 188 valence electrons. The maximum Gasteiger partial charge on any atom is 0.138 e. The maximum atomic E-state index is 12.8. The zero-order chi connectivity index (χ0) is 24.2. The van der Waals surface area contributed by atoms with Crippen LogP contribution in [0.3, 0.4) is 0 Å². The second-order valence-electron chi connectivity index (χ2n) is 15.0. The van der Waals surface area contributed by atoms with Crippen molar-refractivity contribution in [2.45, 2.75) is 131 Å². The highest BCUT2D eigenvalue weighted by atomic mass is 16.3. The van der Waals surface area contributed by atoms with E-state index >= 15 is 0 Å². The molecule has 5 aliphatic rings. The highest BCUT2D eigenvalue weighted by Crippen LogP contribution is 2.88. The van der Waals surface area contributed by atoms with Crippen LogP contribution in [0.5, 0.6) is 0 Å². The van der Waals surface area contributed by atoms with Gasteiger partial charge in [0.1, 0.15) is 5.78 Å². The molecule has 0 aromatic rings. The Hall–Kier alpha value is -0.410. The van der Waals surface area contributed by atoms with Crippen LogP contribution in [-0.2, 0) is 4.79 Å². The summed E-state index contributed by atoms with van der Waals surface area (Å²) in [6.07, 6.45) is 12.4. The van der Waals surface area contributed by atoms with Gasteiger partial charge in [-0.15, -0.1) is 0 Å². The molecule has 0 heterocycles. The third-order valence-corrected chi connectivity index (χ3v) is 13.3. The van der Waals surface area contributed by atoms with Gasteiger partial charge in [-0.3, -0.25) is 4.79 Å². The Balaban J connectivity index is 1.37. The van der Waals surface area contributed by atoms with E-state index in [1.165, 1.54) is 44.9 Å².